The summed E-state index contributed by atoms with van der Waals surface area (Å²) in [5.41, 5.74) is 10.5. The zero-order valence-electron chi connectivity index (χ0n) is 20.5. The summed E-state index contributed by atoms with van der Waals surface area (Å²) in [5.74, 6) is 0. The van der Waals surface area contributed by atoms with E-state index in [1.165, 1.54) is 22.1 Å². The molecule has 0 bridgehead atoms. The van der Waals surface area contributed by atoms with Crippen molar-refractivity contribution in [3.63, 3.8) is 0 Å². The second-order valence-corrected chi connectivity index (χ2v) is 9.64. The summed E-state index contributed by atoms with van der Waals surface area (Å²) in [4.78, 5) is 9.56. The number of rotatable bonds is 2. The molecule has 0 fully saturated rings. The van der Waals surface area contributed by atoms with Gasteiger partial charge in [0.2, 0.25) is 0 Å². The van der Waals surface area contributed by atoms with Crippen molar-refractivity contribution in [1.29, 1.82) is 0 Å². The largest absolute Gasteiger partial charge is 0.455 e. The molecule has 36 heavy (non-hydrogen) atoms. The normalized spacial score (nSPS) is 11.8. The van der Waals surface area contributed by atoms with Gasteiger partial charge in [0, 0.05) is 39.0 Å². The fourth-order valence-electron chi connectivity index (χ4n) is 5.36. The van der Waals surface area contributed by atoms with Gasteiger partial charge in [-0.3, -0.25) is 9.97 Å². The Balaban J connectivity index is 1.45. The Morgan fingerprint density at radius 1 is 0.583 bits per heavy atom. The van der Waals surface area contributed by atoms with Gasteiger partial charge in [0.25, 0.3) is 0 Å². The zero-order chi connectivity index (χ0) is 24.4. The third kappa shape index (κ3) is 3.13. The Hall–Kier alpha value is -4.50. The van der Waals surface area contributed by atoms with Crippen molar-refractivity contribution in [2.24, 2.45) is 0 Å². The van der Waals surface area contributed by atoms with Crippen LogP contribution in [0.1, 0.15) is 16.8 Å². The average molecular weight is 465 g/mol. The first-order valence-corrected chi connectivity index (χ1v) is 12.3. The van der Waals surface area contributed by atoms with E-state index in [0.717, 1.165) is 60.7 Å². The maximum atomic E-state index is 6.57. The molecule has 3 heteroatoms. The highest BCUT2D eigenvalue weighted by Crippen LogP contribution is 2.39. The molecule has 0 saturated heterocycles. The van der Waals surface area contributed by atoms with Gasteiger partial charge in [-0.25, -0.2) is 0 Å². The van der Waals surface area contributed by atoms with Crippen molar-refractivity contribution in [2.45, 2.75) is 20.8 Å². The lowest BCUT2D eigenvalue weighted by Gasteiger charge is -2.13. The molecule has 0 N–H and O–H groups in total. The molecule has 0 amide bonds. The van der Waals surface area contributed by atoms with E-state index >= 15 is 0 Å². The number of nitrogens with zero attached hydrogens (tertiary/aromatic N) is 2. The highest BCUT2D eigenvalue weighted by Gasteiger charge is 2.16. The molecule has 7 aromatic rings. The molecular weight excluding hydrogens is 440 g/mol. The van der Waals surface area contributed by atoms with Gasteiger partial charge in [-0.2, -0.15) is 0 Å². The van der Waals surface area contributed by atoms with Crippen LogP contribution in [0.3, 0.4) is 0 Å². The van der Waals surface area contributed by atoms with E-state index in [0.29, 0.717) is 0 Å². The van der Waals surface area contributed by atoms with Crippen LogP contribution in [-0.2, 0) is 0 Å². The van der Waals surface area contributed by atoms with E-state index in [4.69, 9.17) is 14.4 Å². The predicted octanol–water partition coefficient (Wildman–Crippen LogP) is 8.94. The molecule has 0 aliphatic rings. The topological polar surface area (TPSA) is 38.9 Å². The maximum absolute atomic E-state index is 6.57. The molecule has 7 rings (SSSR count). The molecule has 0 atom stereocenters. The Morgan fingerprint density at radius 2 is 1.36 bits per heavy atom. The summed E-state index contributed by atoms with van der Waals surface area (Å²) in [7, 11) is 0. The molecule has 4 aromatic carbocycles. The Kier molecular flexibility index (Phi) is 4.49. The lowest BCUT2D eigenvalue weighted by atomic mass is 9.94. The van der Waals surface area contributed by atoms with Crippen LogP contribution in [0.15, 0.2) is 95.5 Å². The summed E-state index contributed by atoms with van der Waals surface area (Å²) in [6, 6.07) is 29.9. The second-order valence-electron chi connectivity index (χ2n) is 9.64. The Bertz CT molecular complexity index is 1980. The van der Waals surface area contributed by atoms with Crippen LogP contribution < -0.4 is 0 Å². The first kappa shape index (κ1) is 20.8. The molecule has 0 unspecified atom stereocenters. The van der Waals surface area contributed by atoms with Crippen molar-refractivity contribution in [3.05, 3.63) is 108 Å². The number of hydrogen-bond acceptors (Lipinski definition) is 3. The molecule has 0 radical (unpaired) electrons. The number of fused-ring (bicyclic) bond motifs is 6. The molecule has 0 spiro atoms. The minimum atomic E-state index is 0.876. The summed E-state index contributed by atoms with van der Waals surface area (Å²) in [6.07, 6.45) is 1.97. The smallest absolute Gasteiger partial charge is 0.144 e. The molecule has 0 aliphatic heterocycles. The molecule has 3 aromatic heterocycles. The highest BCUT2D eigenvalue weighted by molar-refractivity contribution is 6.17. The molecule has 172 valence electrons. The van der Waals surface area contributed by atoms with Crippen LogP contribution in [0.25, 0.3) is 66.0 Å². The Morgan fingerprint density at radius 3 is 2.28 bits per heavy atom. The standard InChI is InChI=1S/C33H24N2O/c1-19-15-30-23(12-11-21(3)35-30)16-28(19)29-17-31(34-18-20(29)2)27-10-6-9-25-26-14-13-22-7-4-5-8-24(22)32(26)36-33(25)27/h4-18H,1-3H3. The summed E-state index contributed by atoms with van der Waals surface area (Å²) in [6.45, 7) is 6.31. The van der Waals surface area contributed by atoms with Crippen molar-refractivity contribution >= 4 is 43.6 Å². The van der Waals surface area contributed by atoms with Crippen molar-refractivity contribution in [1.82, 2.24) is 9.97 Å². The van der Waals surface area contributed by atoms with Gasteiger partial charge >= 0.3 is 0 Å². The van der Waals surface area contributed by atoms with E-state index in [-0.39, 0.29) is 0 Å². The van der Waals surface area contributed by atoms with Crippen molar-refractivity contribution in [2.75, 3.05) is 0 Å². The number of pyridine rings is 2. The quantitative estimate of drug-likeness (QED) is 0.256. The van der Waals surface area contributed by atoms with Gasteiger partial charge in [-0.1, -0.05) is 48.5 Å². The van der Waals surface area contributed by atoms with Gasteiger partial charge in [-0.15, -0.1) is 0 Å². The predicted molar refractivity (Wildman–Crippen MR) is 149 cm³/mol. The van der Waals surface area contributed by atoms with E-state index in [9.17, 15) is 0 Å². The van der Waals surface area contributed by atoms with E-state index in [2.05, 4.69) is 98.8 Å². The van der Waals surface area contributed by atoms with Gasteiger partial charge in [0.05, 0.1) is 11.2 Å². The van der Waals surface area contributed by atoms with Crippen LogP contribution >= 0.6 is 0 Å². The zero-order valence-corrected chi connectivity index (χ0v) is 20.5. The fourth-order valence-corrected chi connectivity index (χ4v) is 5.36. The third-order valence-corrected chi connectivity index (χ3v) is 7.23. The molecule has 3 heterocycles. The molecule has 0 aliphatic carbocycles. The SMILES string of the molecule is Cc1ccc2cc(-c3cc(-c4cccc5c4oc4c6ccccc6ccc54)ncc3C)c(C)cc2n1. The monoisotopic (exact) mass is 464 g/mol. The van der Waals surface area contributed by atoms with Crippen LogP contribution in [-0.4, -0.2) is 9.97 Å². The van der Waals surface area contributed by atoms with E-state index in [1.807, 2.05) is 13.1 Å². The molecule has 3 nitrogen and oxygen atoms in total. The van der Waals surface area contributed by atoms with Gasteiger partial charge < -0.3 is 4.42 Å². The van der Waals surface area contributed by atoms with Crippen LogP contribution in [0.4, 0.5) is 0 Å². The highest BCUT2D eigenvalue weighted by atomic mass is 16.3. The van der Waals surface area contributed by atoms with Crippen LogP contribution in [0.2, 0.25) is 0 Å². The Labute approximate surface area is 209 Å². The number of hydrogen-bond donors (Lipinski definition) is 0. The number of furan rings is 1. The van der Waals surface area contributed by atoms with Gasteiger partial charge in [-0.05, 0) is 84.8 Å². The van der Waals surface area contributed by atoms with Gasteiger partial charge in [0.1, 0.15) is 11.2 Å². The fraction of sp³-hybridized carbons (Fsp3) is 0.0909. The summed E-state index contributed by atoms with van der Waals surface area (Å²) >= 11 is 0. The lowest BCUT2D eigenvalue weighted by Crippen LogP contribution is -1.93. The number of aromatic nitrogens is 2. The van der Waals surface area contributed by atoms with E-state index < -0.39 is 0 Å². The molecular formula is C33H24N2O. The van der Waals surface area contributed by atoms with E-state index in [1.54, 1.807) is 0 Å². The average Bonchev–Trinajstić information content (AvgIpc) is 3.28. The first-order valence-electron chi connectivity index (χ1n) is 12.3. The lowest BCUT2D eigenvalue weighted by molar-refractivity contribution is 0.673. The number of para-hydroxylation sites is 1. The van der Waals surface area contributed by atoms with Crippen LogP contribution in [0, 0.1) is 20.8 Å². The summed E-state index contributed by atoms with van der Waals surface area (Å²) in [5, 5.41) is 5.69. The second kappa shape index (κ2) is 7.76. The molecule has 0 saturated carbocycles. The summed E-state index contributed by atoms with van der Waals surface area (Å²) < 4.78 is 6.57. The first-order chi connectivity index (χ1) is 17.6. The van der Waals surface area contributed by atoms with Crippen molar-refractivity contribution in [3.8, 4) is 22.4 Å². The van der Waals surface area contributed by atoms with Crippen molar-refractivity contribution < 1.29 is 4.42 Å². The number of aryl methyl sites for hydroxylation is 3. The minimum Gasteiger partial charge on any atom is -0.455 e. The van der Waals surface area contributed by atoms with Gasteiger partial charge in [0.15, 0.2) is 0 Å². The third-order valence-electron chi connectivity index (χ3n) is 7.23. The van der Waals surface area contributed by atoms with Crippen LogP contribution in [0.5, 0.6) is 0 Å². The maximum Gasteiger partial charge on any atom is 0.144 e. The number of benzene rings is 4. The minimum absolute atomic E-state index is 0.876.